The number of phenolic OH excluding ortho intramolecular Hbond substituents is 1. The number of carbonyl (C=O) groups excluding carboxylic acids is 4. The number of nitrogens with one attached hydrogen (secondary N) is 5. The highest BCUT2D eigenvalue weighted by Crippen LogP contribution is 2.13. The normalized spacial score (nSPS) is 12.9. The molecule has 46 heavy (non-hydrogen) atoms. The van der Waals surface area contributed by atoms with Crippen molar-refractivity contribution < 1.29 is 29.0 Å². The van der Waals surface area contributed by atoms with E-state index in [-0.39, 0.29) is 37.3 Å². The summed E-state index contributed by atoms with van der Waals surface area (Å²) < 4.78 is 4.92. The first-order valence-corrected chi connectivity index (χ1v) is 16.0. The number of unbranched alkanes of at least 4 members (excludes halogenated alkanes) is 7. The van der Waals surface area contributed by atoms with Gasteiger partial charge < -0.3 is 35.8 Å². The van der Waals surface area contributed by atoms with Crippen LogP contribution in [0.25, 0.3) is 0 Å². The van der Waals surface area contributed by atoms with Crippen molar-refractivity contribution in [3.05, 3.63) is 66.3 Å². The van der Waals surface area contributed by atoms with Gasteiger partial charge in [-0.2, -0.15) is 0 Å². The zero-order chi connectivity index (χ0) is 33.1. The SMILES string of the molecule is CCCCCCCCCCC(=O)N[C@@H](Cc1cnc[nH]1)C(=O)N[C@@H](Cc1cnc[nH]1)C(=O)N[C@@H](Cc1ccc(O)cc1)C(=O)OC. The predicted octanol–water partition coefficient (Wildman–Crippen LogP) is 3.02. The fraction of sp³-hybridized carbons (Fsp3) is 0.515. The minimum Gasteiger partial charge on any atom is -0.508 e. The molecule has 0 aliphatic heterocycles. The van der Waals surface area contributed by atoms with Gasteiger partial charge in [-0.25, -0.2) is 14.8 Å². The third-order valence-corrected chi connectivity index (χ3v) is 7.68. The molecule has 13 heteroatoms. The summed E-state index contributed by atoms with van der Waals surface area (Å²) in [4.78, 5) is 66.7. The number of carbonyl (C=O) groups is 4. The van der Waals surface area contributed by atoms with E-state index < -0.39 is 35.9 Å². The van der Waals surface area contributed by atoms with Crippen molar-refractivity contribution in [1.82, 2.24) is 35.9 Å². The number of aromatic hydroxyl groups is 1. The van der Waals surface area contributed by atoms with Crippen molar-refractivity contribution >= 4 is 23.7 Å². The summed E-state index contributed by atoms with van der Waals surface area (Å²) >= 11 is 0. The molecule has 13 nitrogen and oxygen atoms in total. The topological polar surface area (TPSA) is 191 Å². The molecule has 3 rings (SSSR count). The molecule has 3 amide bonds. The number of methoxy groups -OCH3 is 1. The average molecular weight is 638 g/mol. The van der Waals surface area contributed by atoms with Crippen LogP contribution in [0.5, 0.6) is 5.75 Å². The van der Waals surface area contributed by atoms with E-state index in [2.05, 4.69) is 42.8 Å². The van der Waals surface area contributed by atoms with E-state index in [1.807, 2.05) is 0 Å². The molecule has 0 spiro atoms. The summed E-state index contributed by atoms with van der Waals surface area (Å²) in [5.41, 5.74) is 1.90. The van der Waals surface area contributed by atoms with Gasteiger partial charge in [0.2, 0.25) is 17.7 Å². The first-order valence-electron chi connectivity index (χ1n) is 16.0. The zero-order valence-electron chi connectivity index (χ0n) is 26.7. The lowest BCUT2D eigenvalue weighted by atomic mass is 10.0. The molecule has 0 aliphatic rings. The number of phenols is 1. The maximum atomic E-state index is 13.7. The zero-order valence-corrected chi connectivity index (χ0v) is 26.7. The second-order valence-corrected chi connectivity index (χ2v) is 11.4. The summed E-state index contributed by atoms with van der Waals surface area (Å²) in [5.74, 6) is -2.04. The number of rotatable bonds is 21. The van der Waals surface area contributed by atoms with Gasteiger partial charge >= 0.3 is 5.97 Å². The van der Waals surface area contributed by atoms with E-state index in [4.69, 9.17) is 4.74 Å². The van der Waals surface area contributed by atoms with Crippen molar-refractivity contribution in [2.45, 2.75) is 102 Å². The molecule has 6 N–H and O–H groups in total. The van der Waals surface area contributed by atoms with Crippen LogP contribution in [0.15, 0.2) is 49.3 Å². The lowest BCUT2D eigenvalue weighted by Gasteiger charge is -2.25. The van der Waals surface area contributed by atoms with Gasteiger partial charge in [-0.1, -0.05) is 64.0 Å². The molecule has 0 fully saturated rings. The number of imidazole rings is 2. The van der Waals surface area contributed by atoms with Crippen molar-refractivity contribution in [2.75, 3.05) is 7.11 Å². The number of hydrogen-bond donors (Lipinski definition) is 6. The van der Waals surface area contributed by atoms with Gasteiger partial charge in [0.25, 0.3) is 0 Å². The Balaban J connectivity index is 1.68. The van der Waals surface area contributed by atoms with Crippen LogP contribution >= 0.6 is 0 Å². The molecule has 1 aromatic carbocycles. The van der Waals surface area contributed by atoms with Crippen LogP contribution < -0.4 is 16.0 Å². The highest BCUT2D eigenvalue weighted by molar-refractivity contribution is 5.93. The second kappa shape index (κ2) is 19.7. The Morgan fingerprint density at radius 1 is 0.739 bits per heavy atom. The van der Waals surface area contributed by atoms with E-state index in [1.165, 1.54) is 63.8 Å². The Labute approximate surface area is 269 Å². The summed E-state index contributed by atoms with van der Waals surface area (Å²) in [6.45, 7) is 2.19. The van der Waals surface area contributed by atoms with Gasteiger partial charge in [0.05, 0.1) is 19.8 Å². The summed E-state index contributed by atoms with van der Waals surface area (Å²) in [6, 6.07) is 3.08. The Morgan fingerprint density at radius 2 is 1.26 bits per heavy atom. The molecule has 3 aromatic rings. The maximum absolute atomic E-state index is 13.7. The number of nitrogens with zero attached hydrogens (tertiary/aromatic N) is 2. The van der Waals surface area contributed by atoms with Gasteiger partial charge in [0.15, 0.2) is 0 Å². The number of benzene rings is 1. The summed E-state index contributed by atoms with van der Waals surface area (Å²) in [7, 11) is 1.22. The third kappa shape index (κ3) is 12.7. The Kier molecular flexibility index (Phi) is 15.3. The van der Waals surface area contributed by atoms with Crippen molar-refractivity contribution in [1.29, 1.82) is 0 Å². The molecule has 0 saturated carbocycles. The number of aromatic amines is 2. The van der Waals surface area contributed by atoms with Crippen LogP contribution in [0.2, 0.25) is 0 Å². The number of esters is 1. The van der Waals surface area contributed by atoms with E-state index in [0.717, 1.165) is 25.7 Å². The van der Waals surface area contributed by atoms with Crippen molar-refractivity contribution in [3.8, 4) is 5.75 Å². The molecule has 3 atom stereocenters. The van der Waals surface area contributed by atoms with Gasteiger partial charge in [-0.05, 0) is 24.1 Å². The molecule has 0 radical (unpaired) electrons. The number of H-pyrrole nitrogens is 2. The molecule has 0 bridgehead atoms. The third-order valence-electron chi connectivity index (χ3n) is 7.68. The smallest absolute Gasteiger partial charge is 0.328 e. The quantitative estimate of drug-likeness (QED) is 0.0758. The number of hydrogen-bond acceptors (Lipinski definition) is 8. The lowest BCUT2D eigenvalue weighted by molar-refractivity contribution is -0.145. The van der Waals surface area contributed by atoms with Crippen LogP contribution in [0, 0.1) is 0 Å². The van der Waals surface area contributed by atoms with E-state index in [0.29, 0.717) is 17.0 Å². The maximum Gasteiger partial charge on any atom is 0.328 e. The first kappa shape index (κ1) is 35.8. The van der Waals surface area contributed by atoms with Crippen molar-refractivity contribution in [3.63, 3.8) is 0 Å². The van der Waals surface area contributed by atoms with Crippen LogP contribution in [-0.4, -0.2) is 74.0 Å². The average Bonchev–Trinajstić information content (AvgIpc) is 3.77. The molecule has 0 saturated heterocycles. The predicted molar refractivity (Wildman–Crippen MR) is 171 cm³/mol. The van der Waals surface area contributed by atoms with Crippen LogP contribution in [0.3, 0.4) is 0 Å². The van der Waals surface area contributed by atoms with E-state index >= 15 is 0 Å². The highest BCUT2D eigenvalue weighted by atomic mass is 16.5. The molecule has 0 aliphatic carbocycles. The van der Waals surface area contributed by atoms with Crippen LogP contribution in [0.4, 0.5) is 0 Å². The van der Waals surface area contributed by atoms with Gasteiger partial charge in [0, 0.05) is 49.5 Å². The molecule has 0 unspecified atom stereocenters. The Bertz CT molecular complexity index is 1330. The standard InChI is InChI=1S/C33H47N7O6/c1-3-4-5-6-7-8-9-10-11-30(42)38-27(17-24-19-34-21-36-24)31(43)39-28(18-25-20-35-22-37-25)32(44)40-29(33(45)46-2)16-23-12-14-26(41)15-13-23/h12-15,19-22,27-29,41H,3-11,16-18H2,1-2H3,(H,34,36)(H,35,37)(H,38,42)(H,39,43)(H,40,44)/t27-,28-,29-/m0/s1. The lowest BCUT2D eigenvalue weighted by Crippen LogP contribution is -2.57. The van der Waals surface area contributed by atoms with E-state index in [9.17, 15) is 24.3 Å². The highest BCUT2D eigenvalue weighted by Gasteiger charge is 2.31. The fourth-order valence-corrected chi connectivity index (χ4v) is 5.08. The van der Waals surface area contributed by atoms with Gasteiger partial charge in [-0.15, -0.1) is 0 Å². The Hall–Kier alpha value is -4.68. The monoisotopic (exact) mass is 637 g/mol. The molecular weight excluding hydrogens is 590 g/mol. The van der Waals surface area contributed by atoms with Crippen molar-refractivity contribution in [2.24, 2.45) is 0 Å². The molecule has 2 heterocycles. The second-order valence-electron chi connectivity index (χ2n) is 11.4. The van der Waals surface area contributed by atoms with Gasteiger partial charge in [0.1, 0.15) is 23.9 Å². The number of amides is 3. The number of ether oxygens (including phenoxy) is 1. The molecule has 2 aromatic heterocycles. The molecule has 250 valence electrons. The van der Waals surface area contributed by atoms with Gasteiger partial charge in [-0.3, -0.25) is 14.4 Å². The minimum atomic E-state index is -1.12. The summed E-state index contributed by atoms with van der Waals surface area (Å²) in [5, 5.41) is 17.9. The first-order chi connectivity index (χ1) is 22.3. The van der Waals surface area contributed by atoms with Crippen LogP contribution in [-0.2, 0) is 43.2 Å². The molecular formula is C33H47N7O6. The largest absolute Gasteiger partial charge is 0.508 e. The van der Waals surface area contributed by atoms with E-state index in [1.54, 1.807) is 18.3 Å². The summed E-state index contributed by atoms with van der Waals surface area (Å²) in [6.07, 6.45) is 15.4. The number of aromatic nitrogens is 4. The minimum absolute atomic E-state index is 0.0493. The fourth-order valence-electron chi connectivity index (χ4n) is 5.08. The van der Waals surface area contributed by atoms with Crippen LogP contribution in [0.1, 0.15) is 81.7 Å². The Morgan fingerprint density at radius 3 is 1.78 bits per heavy atom.